The molecule has 0 bridgehead atoms. The molecule has 0 aliphatic carbocycles. The lowest BCUT2D eigenvalue weighted by Crippen LogP contribution is -2.32. The molecule has 3 aromatic rings. The zero-order valence-electron chi connectivity index (χ0n) is 15.6. The van der Waals surface area contributed by atoms with Gasteiger partial charge in [0, 0.05) is 18.2 Å². The molecule has 140 valence electrons. The van der Waals surface area contributed by atoms with E-state index in [0.717, 1.165) is 0 Å². The van der Waals surface area contributed by atoms with Gasteiger partial charge < -0.3 is 5.32 Å². The maximum atomic E-state index is 12.3. The Balaban J connectivity index is 1.62. The molecule has 8 heteroatoms. The molecule has 1 aromatic carbocycles. The van der Waals surface area contributed by atoms with Crippen molar-refractivity contribution >= 4 is 5.91 Å². The van der Waals surface area contributed by atoms with Crippen LogP contribution >= 0.6 is 0 Å². The number of nitrogens with one attached hydrogen (secondary N) is 1. The minimum Gasteiger partial charge on any atom is -0.350 e. The SMILES string of the molecule is CC(C)(C)c1ccc(C(=O)NCCn2nc(-n3cncn3)ccc2=O)cc1. The third kappa shape index (κ3) is 4.46. The highest BCUT2D eigenvalue weighted by atomic mass is 16.2. The monoisotopic (exact) mass is 366 g/mol. The van der Waals surface area contributed by atoms with Gasteiger partial charge in [-0.3, -0.25) is 9.59 Å². The molecular formula is C19H22N6O2. The van der Waals surface area contributed by atoms with Crippen LogP contribution in [0.4, 0.5) is 0 Å². The Bertz CT molecular complexity index is 969. The van der Waals surface area contributed by atoms with Crippen LogP contribution in [-0.2, 0) is 12.0 Å². The molecule has 0 atom stereocenters. The molecule has 0 unspecified atom stereocenters. The Labute approximate surface area is 156 Å². The van der Waals surface area contributed by atoms with Crippen molar-refractivity contribution in [3.63, 3.8) is 0 Å². The molecule has 1 N–H and O–H groups in total. The fourth-order valence-electron chi connectivity index (χ4n) is 2.55. The first kappa shape index (κ1) is 18.5. The van der Waals surface area contributed by atoms with E-state index in [1.54, 1.807) is 6.07 Å². The minimum atomic E-state index is -0.248. The third-order valence-electron chi connectivity index (χ3n) is 4.13. The molecule has 0 aliphatic rings. The Morgan fingerprint density at radius 3 is 2.48 bits per heavy atom. The molecule has 27 heavy (non-hydrogen) atoms. The van der Waals surface area contributed by atoms with E-state index >= 15 is 0 Å². The summed E-state index contributed by atoms with van der Waals surface area (Å²) in [6.07, 6.45) is 2.89. The first-order valence-electron chi connectivity index (χ1n) is 8.66. The van der Waals surface area contributed by atoms with Gasteiger partial charge in [-0.05, 0) is 29.2 Å². The van der Waals surface area contributed by atoms with E-state index in [2.05, 4.69) is 41.3 Å². The van der Waals surface area contributed by atoms with E-state index in [4.69, 9.17) is 0 Å². The lowest BCUT2D eigenvalue weighted by molar-refractivity contribution is 0.0951. The Morgan fingerprint density at radius 2 is 1.85 bits per heavy atom. The summed E-state index contributed by atoms with van der Waals surface area (Å²) in [5.74, 6) is 0.298. The van der Waals surface area contributed by atoms with Crippen molar-refractivity contribution in [3.05, 3.63) is 70.5 Å². The highest BCUT2D eigenvalue weighted by Gasteiger charge is 2.14. The molecule has 3 rings (SSSR count). The molecule has 8 nitrogen and oxygen atoms in total. The summed E-state index contributed by atoms with van der Waals surface area (Å²) in [6.45, 7) is 6.92. The van der Waals surface area contributed by atoms with Crippen LogP contribution in [0.2, 0.25) is 0 Å². The van der Waals surface area contributed by atoms with Gasteiger partial charge in [-0.2, -0.15) is 5.10 Å². The van der Waals surface area contributed by atoms with Gasteiger partial charge >= 0.3 is 0 Å². The number of benzene rings is 1. The largest absolute Gasteiger partial charge is 0.350 e. The first-order valence-corrected chi connectivity index (χ1v) is 8.66. The second-order valence-corrected chi connectivity index (χ2v) is 7.18. The summed E-state index contributed by atoms with van der Waals surface area (Å²) < 4.78 is 2.76. The average molecular weight is 366 g/mol. The van der Waals surface area contributed by atoms with Crippen molar-refractivity contribution in [1.29, 1.82) is 0 Å². The fourth-order valence-corrected chi connectivity index (χ4v) is 2.55. The summed E-state index contributed by atoms with van der Waals surface area (Å²) in [6, 6.07) is 10.5. The molecule has 2 aromatic heterocycles. The van der Waals surface area contributed by atoms with Crippen LogP contribution in [0.25, 0.3) is 5.82 Å². The topological polar surface area (TPSA) is 94.7 Å². The van der Waals surface area contributed by atoms with Gasteiger partial charge in [0.2, 0.25) is 0 Å². The van der Waals surface area contributed by atoms with Crippen molar-refractivity contribution in [2.24, 2.45) is 0 Å². The van der Waals surface area contributed by atoms with Crippen LogP contribution in [0.3, 0.4) is 0 Å². The van der Waals surface area contributed by atoms with E-state index in [0.29, 0.717) is 11.4 Å². The standard InChI is InChI=1S/C19H22N6O2/c1-19(2,3)15-6-4-14(5-7-15)18(27)21-10-11-24-17(26)9-8-16(23-24)25-13-20-12-22-25/h4-9,12-13H,10-11H2,1-3H3,(H,21,27). The quantitative estimate of drug-likeness (QED) is 0.739. The van der Waals surface area contributed by atoms with Gasteiger partial charge in [0.05, 0.1) is 6.54 Å². The number of rotatable bonds is 5. The molecule has 0 spiro atoms. The average Bonchev–Trinajstić information content (AvgIpc) is 3.17. The molecule has 0 fully saturated rings. The zero-order chi connectivity index (χ0) is 19.4. The minimum absolute atomic E-state index is 0.0386. The van der Waals surface area contributed by atoms with Crippen LogP contribution in [0.5, 0.6) is 0 Å². The van der Waals surface area contributed by atoms with Crippen molar-refractivity contribution in [2.45, 2.75) is 32.7 Å². The molecule has 0 saturated carbocycles. The summed E-state index contributed by atoms with van der Waals surface area (Å²) in [5.41, 5.74) is 1.54. The number of hydrogen-bond acceptors (Lipinski definition) is 5. The third-order valence-corrected chi connectivity index (χ3v) is 4.13. The smallest absolute Gasteiger partial charge is 0.266 e. The zero-order valence-corrected chi connectivity index (χ0v) is 15.6. The summed E-state index contributed by atoms with van der Waals surface area (Å²) >= 11 is 0. The van der Waals surface area contributed by atoms with Gasteiger partial charge in [0.15, 0.2) is 5.82 Å². The van der Waals surface area contributed by atoms with Crippen LogP contribution in [0.15, 0.2) is 53.8 Å². The van der Waals surface area contributed by atoms with Gasteiger partial charge in [-0.15, -0.1) is 5.10 Å². The first-order chi connectivity index (χ1) is 12.8. The van der Waals surface area contributed by atoms with E-state index in [9.17, 15) is 9.59 Å². The Morgan fingerprint density at radius 1 is 1.11 bits per heavy atom. The van der Waals surface area contributed by atoms with Crippen molar-refractivity contribution < 1.29 is 4.79 Å². The molecule has 0 radical (unpaired) electrons. The lowest BCUT2D eigenvalue weighted by Gasteiger charge is -2.19. The highest BCUT2D eigenvalue weighted by Crippen LogP contribution is 2.22. The highest BCUT2D eigenvalue weighted by molar-refractivity contribution is 5.94. The summed E-state index contributed by atoms with van der Waals surface area (Å²) in [7, 11) is 0. The van der Waals surface area contributed by atoms with Crippen molar-refractivity contribution in [2.75, 3.05) is 6.54 Å². The van der Waals surface area contributed by atoms with Gasteiger partial charge in [-0.25, -0.2) is 14.3 Å². The van der Waals surface area contributed by atoms with E-state index in [-0.39, 0.29) is 30.0 Å². The predicted molar refractivity (Wildman–Crippen MR) is 101 cm³/mol. The Hall–Kier alpha value is -3.29. The Kier molecular flexibility index (Phi) is 5.16. The molecular weight excluding hydrogens is 344 g/mol. The van der Waals surface area contributed by atoms with Crippen LogP contribution in [-0.4, -0.2) is 37.0 Å². The van der Waals surface area contributed by atoms with E-state index < -0.39 is 0 Å². The van der Waals surface area contributed by atoms with Crippen LogP contribution in [0, 0.1) is 0 Å². The molecule has 1 amide bonds. The second-order valence-electron chi connectivity index (χ2n) is 7.18. The molecule has 2 heterocycles. The number of carbonyl (C=O) groups excluding carboxylic acids is 1. The normalized spacial score (nSPS) is 11.4. The number of amides is 1. The van der Waals surface area contributed by atoms with E-state index in [1.165, 1.54) is 33.6 Å². The number of aromatic nitrogens is 5. The van der Waals surface area contributed by atoms with Crippen LogP contribution in [0.1, 0.15) is 36.7 Å². The lowest BCUT2D eigenvalue weighted by atomic mass is 9.87. The number of hydrogen-bond donors (Lipinski definition) is 1. The summed E-state index contributed by atoms with van der Waals surface area (Å²) in [4.78, 5) is 28.1. The van der Waals surface area contributed by atoms with Crippen molar-refractivity contribution in [1.82, 2.24) is 29.9 Å². The van der Waals surface area contributed by atoms with Crippen LogP contribution < -0.4 is 10.9 Å². The van der Waals surface area contributed by atoms with Gasteiger partial charge in [0.1, 0.15) is 12.7 Å². The summed E-state index contributed by atoms with van der Waals surface area (Å²) in [5, 5.41) is 11.0. The van der Waals surface area contributed by atoms with Gasteiger partial charge in [-0.1, -0.05) is 32.9 Å². The predicted octanol–water partition coefficient (Wildman–Crippen LogP) is 1.55. The van der Waals surface area contributed by atoms with E-state index in [1.807, 2.05) is 24.3 Å². The molecule has 0 aliphatic heterocycles. The maximum Gasteiger partial charge on any atom is 0.266 e. The maximum absolute atomic E-state index is 12.3. The van der Waals surface area contributed by atoms with Gasteiger partial charge in [0.25, 0.3) is 11.5 Å². The fraction of sp³-hybridized carbons (Fsp3) is 0.316. The number of carbonyl (C=O) groups is 1. The van der Waals surface area contributed by atoms with Crippen molar-refractivity contribution in [3.8, 4) is 5.82 Å². The number of nitrogens with zero attached hydrogens (tertiary/aromatic N) is 5. The second kappa shape index (κ2) is 7.53. The molecule has 0 saturated heterocycles.